The van der Waals surface area contributed by atoms with E-state index in [0.717, 1.165) is 17.9 Å². The van der Waals surface area contributed by atoms with E-state index >= 15 is 0 Å². The van der Waals surface area contributed by atoms with Gasteiger partial charge in [0.1, 0.15) is 17.3 Å². The smallest absolute Gasteiger partial charge is 0.142 e. The Labute approximate surface area is 118 Å². The molecule has 0 aliphatic carbocycles. The monoisotopic (exact) mass is 275 g/mol. The van der Waals surface area contributed by atoms with Crippen LogP contribution < -0.4 is 10.1 Å². The van der Waals surface area contributed by atoms with E-state index in [9.17, 15) is 9.50 Å². The molecule has 0 unspecified atom stereocenters. The number of phenolic OH excluding ortho intramolecular Hbond substituents is 1. The summed E-state index contributed by atoms with van der Waals surface area (Å²) in [6.07, 6.45) is 0.930. The van der Waals surface area contributed by atoms with Gasteiger partial charge in [0, 0.05) is 12.1 Å². The van der Waals surface area contributed by atoms with E-state index in [1.165, 1.54) is 18.2 Å². The number of nitrogens with one attached hydrogen (secondary N) is 1. The summed E-state index contributed by atoms with van der Waals surface area (Å²) in [7, 11) is 0. The molecule has 2 aromatic carbocycles. The van der Waals surface area contributed by atoms with E-state index in [4.69, 9.17) is 4.74 Å². The Kier molecular flexibility index (Phi) is 4.82. The lowest BCUT2D eigenvalue weighted by Gasteiger charge is -2.13. The van der Waals surface area contributed by atoms with Crippen molar-refractivity contribution < 1.29 is 14.2 Å². The number of aromatic hydroxyl groups is 1. The van der Waals surface area contributed by atoms with Gasteiger partial charge >= 0.3 is 0 Å². The van der Waals surface area contributed by atoms with Gasteiger partial charge in [0.15, 0.2) is 0 Å². The van der Waals surface area contributed by atoms with Gasteiger partial charge in [-0.3, -0.25) is 0 Å². The van der Waals surface area contributed by atoms with Crippen molar-refractivity contribution in [2.45, 2.75) is 19.9 Å². The number of rotatable bonds is 6. The third kappa shape index (κ3) is 3.63. The lowest BCUT2D eigenvalue weighted by atomic mass is 10.2. The first-order chi connectivity index (χ1) is 9.70. The number of halogens is 1. The van der Waals surface area contributed by atoms with Crippen molar-refractivity contribution in [2.24, 2.45) is 0 Å². The highest BCUT2D eigenvalue weighted by molar-refractivity contribution is 5.56. The third-order valence-corrected chi connectivity index (χ3v) is 2.86. The van der Waals surface area contributed by atoms with Gasteiger partial charge in [-0.25, -0.2) is 4.39 Å². The summed E-state index contributed by atoms with van der Waals surface area (Å²) in [6.45, 7) is 3.01. The molecule has 2 N–H and O–H groups in total. The minimum atomic E-state index is -0.366. The van der Waals surface area contributed by atoms with Crippen LogP contribution >= 0.6 is 0 Å². The zero-order chi connectivity index (χ0) is 14.4. The topological polar surface area (TPSA) is 41.5 Å². The predicted molar refractivity (Wildman–Crippen MR) is 77.6 cm³/mol. The minimum Gasteiger partial charge on any atom is -0.508 e. The van der Waals surface area contributed by atoms with Crippen molar-refractivity contribution in [3.05, 3.63) is 53.8 Å². The van der Waals surface area contributed by atoms with Gasteiger partial charge in [-0.1, -0.05) is 19.1 Å². The molecule has 0 aliphatic heterocycles. The van der Waals surface area contributed by atoms with E-state index < -0.39 is 0 Å². The number of benzene rings is 2. The fraction of sp³-hybridized carbons (Fsp3) is 0.250. The van der Waals surface area contributed by atoms with Gasteiger partial charge in [-0.2, -0.15) is 0 Å². The minimum absolute atomic E-state index is 0.0749. The second kappa shape index (κ2) is 6.80. The van der Waals surface area contributed by atoms with Gasteiger partial charge in [0.05, 0.1) is 12.3 Å². The molecule has 2 aromatic rings. The van der Waals surface area contributed by atoms with E-state index in [1.807, 2.05) is 31.2 Å². The van der Waals surface area contributed by atoms with Gasteiger partial charge < -0.3 is 15.2 Å². The highest BCUT2D eigenvalue weighted by atomic mass is 19.1. The van der Waals surface area contributed by atoms with E-state index in [2.05, 4.69) is 5.32 Å². The molecule has 0 saturated heterocycles. The van der Waals surface area contributed by atoms with Crippen molar-refractivity contribution in [3.63, 3.8) is 0 Å². The summed E-state index contributed by atoms with van der Waals surface area (Å²) < 4.78 is 18.8. The van der Waals surface area contributed by atoms with Crippen LogP contribution in [-0.4, -0.2) is 11.7 Å². The predicted octanol–water partition coefficient (Wildman–Crippen LogP) is 3.93. The first-order valence-electron chi connectivity index (χ1n) is 6.63. The Morgan fingerprint density at radius 2 is 2.00 bits per heavy atom. The van der Waals surface area contributed by atoms with Gasteiger partial charge in [0.2, 0.25) is 0 Å². The molecule has 2 rings (SSSR count). The van der Waals surface area contributed by atoms with E-state index in [1.54, 1.807) is 0 Å². The molecule has 0 atom stereocenters. The average Bonchev–Trinajstić information content (AvgIpc) is 2.47. The van der Waals surface area contributed by atoms with Crippen molar-refractivity contribution in [1.82, 2.24) is 0 Å². The number of phenols is 1. The first kappa shape index (κ1) is 14.2. The molecule has 0 radical (unpaired) electrons. The maximum Gasteiger partial charge on any atom is 0.142 e. The van der Waals surface area contributed by atoms with Crippen LogP contribution in [0.15, 0.2) is 42.5 Å². The van der Waals surface area contributed by atoms with Gasteiger partial charge in [-0.05, 0) is 36.8 Å². The SMILES string of the molecule is CCCOc1ccccc1NCc1cc(F)ccc1O. The van der Waals surface area contributed by atoms with Crippen molar-refractivity contribution >= 4 is 5.69 Å². The largest absolute Gasteiger partial charge is 0.508 e. The van der Waals surface area contributed by atoms with Crippen LogP contribution in [-0.2, 0) is 6.54 Å². The molecule has 0 amide bonds. The molecule has 0 fully saturated rings. The van der Waals surface area contributed by atoms with Crippen molar-refractivity contribution in [1.29, 1.82) is 0 Å². The number of hydrogen-bond donors (Lipinski definition) is 2. The first-order valence-corrected chi connectivity index (χ1v) is 6.63. The summed E-state index contributed by atoms with van der Waals surface area (Å²) in [5.41, 5.74) is 1.33. The molecule has 0 spiro atoms. The fourth-order valence-electron chi connectivity index (χ4n) is 1.84. The summed E-state index contributed by atoms with van der Waals surface area (Å²) in [5.74, 6) is 0.464. The molecule has 0 aliphatic rings. The van der Waals surface area contributed by atoms with Crippen LogP contribution in [0.2, 0.25) is 0 Å². The molecular formula is C16H18FNO2. The van der Waals surface area contributed by atoms with Crippen LogP contribution in [0.1, 0.15) is 18.9 Å². The lowest BCUT2D eigenvalue weighted by Crippen LogP contribution is -2.04. The van der Waals surface area contributed by atoms with Crippen LogP contribution in [0, 0.1) is 5.82 Å². The quantitative estimate of drug-likeness (QED) is 0.839. The van der Waals surface area contributed by atoms with Gasteiger partial charge in [-0.15, -0.1) is 0 Å². The van der Waals surface area contributed by atoms with E-state index in [0.29, 0.717) is 18.7 Å². The highest BCUT2D eigenvalue weighted by Gasteiger charge is 2.06. The zero-order valence-electron chi connectivity index (χ0n) is 11.4. The Hall–Kier alpha value is -2.23. The zero-order valence-corrected chi connectivity index (χ0v) is 11.4. The molecule has 4 heteroatoms. The Morgan fingerprint density at radius 3 is 2.80 bits per heavy atom. The summed E-state index contributed by atoms with van der Waals surface area (Å²) in [4.78, 5) is 0. The molecule has 0 bridgehead atoms. The van der Waals surface area contributed by atoms with Gasteiger partial charge in [0.25, 0.3) is 0 Å². The third-order valence-electron chi connectivity index (χ3n) is 2.86. The maximum atomic E-state index is 13.2. The maximum absolute atomic E-state index is 13.2. The fourth-order valence-corrected chi connectivity index (χ4v) is 1.84. The number of hydrogen-bond acceptors (Lipinski definition) is 3. The molecule has 3 nitrogen and oxygen atoms in total. The Morgan fingerprint density at radius 1 is 1.20 bits per heavy atom. The molecule has 0 saturated carbocycles. The number of anilines is 1. The van der Waals surface area contributed by atoms with Crippen LogP contribution in [0.25, 0.3) is 0 Å². The van der Waals surface area contributed by atoms with Crippen LogP contribution in [0.4, 0.5) is 10.1 Å². The second-order valence-corrected chi connectivity index (χ2v) is 4.47. The summed E-state index contributed by atoms with van der Waals surface area (Å²) in [6, 6.07) is 11.5. The second-order valence-electron chi connectivity index (χ2n) is 4.47. The van der Waals surface area contributed by atoms with Crippen LogP contribution in [0.3, 0.4) is 0 Å². The number of ether oxygens (including phenoxy) is 1. The molecule has 20 heavy (non-hydrogen) atoms. The lowest BCUT2D eigenvalue weighted by molar-refractivity contribution is 0.319. The van der Waals surface area contributed by atoms with E-state index in [-0.39, 0.29) is 11.6 Å². The summed E-state index contributed by atoms with van der Waals surface area (Å²) >= 11 is 0. The van der Waals surface area contributed by atoms with Crippen molar-refractivity contribution in [3.8, 4) is 11.5 Å². The standard InChI is InChI=1S/C16H18FNO2/c1-2-9-20-16-6-4-3-5-14(16)18-11-12-10-13(17)7-8-15(12)19/h3-8,10,18-19H,2,9,11H2,1H3. The summed E-state index contributed by atoms with van der Waals surface area (Å²) in [5, 5.41) is 12.8. The Bertz CT molecular complexity index is 572. The molecule has 0 aromatic heterocycles. The number of para-hydroxylation sites is 2. The molecule has 106 valence electrons. The highest BCUT2D eigenvalue weighted by Crippen LogP contribution is 2.26. The van der Waals surface area contributed by atoms with Crippen LogP contribution in [0.5, 0.6) is 11.5 Å². The average molecular weight is 275 g/mol. The molecular weight excluding hydrogens is 257 g/mol. The Balaban J connectivity index is 2.08. The molecule has 0 heterocycles. The van der Waals surface area contributed by atoms with Crippen molar-refractivity contribution in [2.75, 3.05) is 11.9 Å². The normalized spacial score (nSPS) is 10.3.